The summed E-state index contributed by atoms with van der Waals surface area (Å²) >= 11 is 1.25. The minimum Gasteiger partial charge on any atom is -0.490 e. The van der Waals surface area contributed by atoms with Gasteiger partial charge in [-0.2, -0.15) is 15.1 Å². The molecule has 0 spiro atoms. The summed E-state index contributed by atoms with van der Waals surface area (Å²) in [5, 5.41) is 15.4. The fourth-order valence-corrected chi connectivity index (χ4v) is 4.75. The van der Waals surface area contributed by atoms with E-state index in [1.54, 1.807) is 18.5 Å². The number of hydrazone groups is 1. The van der Waals surface area contributed by atoms with Crippen molar-refractivity contribution < 1.29 is 14.3 Å². The molecule has 38 heavy (non-hydrogen) atoms. The molecule has 2 aliphatic heterocycles. The van der Waals surface area contributed by atoms with Crippen molar-refractivity contribution in [1.82, 2.24) is 9.99 Å². The summed E-state index contributed by atoms with van der Waals surface area (Å²) in [6, 6.07) is 19.2. The molecule has 0 saturated carbocycles. The van der Waals surface area contributed by atoms with Crippen LogP contribution in [0.3, 0.4) is 0 Å². The number of fused-ring (bicyclic) bond motifs is 1. The van der Waals surface area contributed by atoms with Gasteiger partial charge in [-0.3, -0.25) is 15.2 Å². The topological polar surface area (TPSA) is 100 Å². The largest absolute Gasteiger partial charge is 0.490 e. The fraction of sp³-hybridized carbons (Fsp3) is 0.207. The van der Waals surface area contributed by atoms with Gasteiger partial charge < -0.3 is 9.47 Å². The fourth-order valence-electron chi connectivity index (χ4n) is 3.87. The molecule has 0 aliphatic carbocycles. The van der Waals surface area contributed by atoms with Crippen LogP contribution < -0.4 is 9.47 Å². The van der Waals surface area contributed by atoms with Gasteiger partial charge in [0.05, 0.1) is 5.57 Å². The highest BCUT2D eigenvalue weighted by Crippen LogP contribution is 2.31. The number of amidine groups is 2. The Morgan fingerprint density at radius 3 is 2.34 bits per heavy atom. The predicted octanol–water partition coefficient (Wildman–Crippen LogP) is 5.72. The Balaban J connectivity index is 1.17. The number of carbonyl (C=O) groups is 1. The van der Waals surface area contributed by atoms with E-state index in [4.69, 9.17) is 14.9 Å². The summed E-state index contributed by atoms with van der Waals surface area (Å²) in [4.78, 5) is 20.9. The van der Waals surface area contributed by atoms with Crippen molar-refractivity contribution in [3.8, 4) is 11.5 Å². The van der Waals surface area contributed by atoms with Crippen LogP contribution in [-0.2, 0) is 4.79 Å². The van der Waals surface area contributed by atoms with Gasteiger partial charge >= 0.3 is 0 Å². The van der Waals surface area contributed by atoms with E-state index >= 15 is 0 Å². The molecule has 9 heteroatoms. The summed E-state index contributed by atoms with van der Waals surface area (Å²) in [6.07, 6.45) is 6.12. The summed E-state index contributed by atoms with van der Waals surface area (Å²) in [7, 11) is 0. The molecule has 0 fully saturated rings. The van der Waals surface area contributed by atoms with E-state index < -0.39 is 5.91 Å². The first kappa shape index (κ1) is 25.4. The molecule has 8 nitrogen and oxygen atoms in total. The average molecular weight is 526 g/mol. The maximum Gasteiger partial charge on any atom is 0.283 e. The van der Waals surface area contributed by atoms with Crippen molar-refractivity contribution in [1.29, 1.82) is 5.41 Å². The lowest BCUT2D eigenvalue weighted by Gasteiger charge is -2.20. The third kappa shape index (κ3) is 5.68. The van der Waals surface area contributed by atoms with Crippen LogP contribution in [0.5, 0.6) is 11.5 Å². The Kier molecular flexibility index (Phi) is 7.65. The number of thioether (sulfide) groups is 1. The van der Waals surface area contributed by atoms with Gasteiger partial charge in [-0.1, -0.05) is 38.1 Å². The highest BCUT2D eigenvalue weighted by atomic mass is 32.2. The van der Waals surface area contributed by atoms with Gasteiger partial charge in [0.15, 0.2) is 5.84 Å². The van der Waals surface area contributed by atoms with Gasteiger partial charge in [0, 0.05) is 18.0 Å². The van der Waals surface area contributed by atoms with E-state index in [0.29, 0.717) is 35.1 Å². The lowest BCUT2D eigenvalue weighted by molar-refractivity contribution is -0.114. The molecule has 3 heterocycles. The minimum absolute atomic E-state index is 0.0129. The van der Waals surface area contributed by atoms with Crippen LogP contribution >= 0.6 is 11.8 Å². The van der Waals surface area contributed by atoms with Gasteiger partial charge in [0.25, 0.3) is 5.91 Å². The molecular weight excluding hydrogens is 498 g/mol. The third-order valence-corrected chi connectivity index (χ3v) is 7.19. The normalized spacial score (nSPS) is 16.7. The van der Waals surface area contributed by atoms with E-state index in [1.807, 2.05) is 48.5 Å². The Morgan fingerprint density at radius 2 is 1.71 bits per heavy atom. The van der Waals surface area contributed by atoms with Gasteiger partial charge in [-0.25, -0.2) is 0 Å². The van der Waals surface area contributed by atoms with Gasteiger partial charge in [-0.05, 0) is 77.7 Å². The number of ether oxygens (including phenoxy) is 2. The van der Waals surface area contributed by atoms with E-state index in [1.165, 1.54) is 22.3 Å². The smallest absolute Gasteiger partial charge is 0.283 e. The molecule has 0 radical (unpaired) electrons. The molecule has 1 aromatic heterocycles. The quantitative estimate of drug-likeness (QED) is 0.283. The van der Waals surface area contributed by atoms with Crippen molar-refractivity contribution in [2.75, 3.05) is 13.2 Å². The van der Waals surface area contributed by atoms with Crippen molar-refractivity contribution in [3.05, 3.63) is 95.3 Å². The Labute approximate surface area is 225 Å². The zero-order chi connectivity index (χ0) is 26.5. The number of rotatable bonds is 9. The molecule has 5 rings (SSSR count). The SMILES string of the molecule is CC[C@H](C)c1ccc(OCCOc2ccc(/C=C3/C(=N)N4N=C(c5cccnc5)SC4=NC3=O)cc2)cc1. The maximum atomic E-state index is 12.7. The Hall–Kier alpha value is -4.24. The Bertz CT molecular complexity index is 1420. The predicted molar refractivity (Wildman–Crippen MR) is 151 cm³/mol. The molecule has 2 aliphatic rings. The van der Waals surface area contributed by atoms with E-state index in [9.17, 15) is 4.79 Å². The van der Waals surface area contributed by atoms with Crippen molar-refractivity contribution >= 4 is 39.8 Å². The monoisotopic (exact) mass is 525 g/mol. The molecule has 1 amide bonds. The van der Waals surface area contributed by atoms with Crippen LogP contribution in [0, 0.1) is 5.41 Å². The highest BCUT2D eigenvalue weighted by molar-refractivity contribution is 8.27. The number of nitrogens with zero attached hydrogens (tertiary/aromatic N) is 4. The van der Waals surface area contributed by atoms with Crippen LogP contribution in [0.4, 0.5) is 0 Å². The highest BCUT2D eigenvalue weighted by Gasteiger charge is 2.36. The number of carbonyl (C=O) groups excluding carboxylic acids is 1. The first-order valence-corrected chi connectivity index (χ1v) is 13.2. The van der Waals surface area contributed by atoms with Gasteiger partial charge in [0.1, 0.15) is 29.8 Å². The molecule has 1 N–H and O–H groups in total. The number of aromatic nitrogens is 1. The van der Waals surface area contributed by atoms with E-state index in [-0.39, 0.29) is 11.4 Å². The molecule has 0 unspecified atom stereocenters. The first-order valence-electron chi connectivity index (χ1n) is 12.4. The molecule has 0 saturated heterocycles. The van der Waals surface area contributed by atoms with E-state index in [0.717, 1.165) is 23.3 Å². The second kappa shape index (κ2) is 11.4. The number of aliphatic imine (C=N–C) groups is 1. The molecular formula is C29H27N5O3S. The van der Waals surface area contributed by atoms with Crippen LogP contribution in [0.1, 0.15) is 42.9 Å². The standard InChI is InChI=1S/C29H27N5O3S/c1-3-19(2)21-8-12-24(13-9-21)37-16-15-36-23-10-6-20(7-11-23)17-25-26(30)34-29(32-27(25)35)38-28(33-34)22-5-4-14-31-18-22/h4-14,17-19,30H,3,15-16H2,1-2H3/b25-17-,30-26?/t19-/m0/s1. The second-order valence-corrected chi connectivity index (χ2v) is 9.77. The number of benzene rings is 2. The van der Waals surface area contributed by atoms with Crippen molar-refractivity contribution in [3.63, 3.8) is 0 Å². The first-order chi connectivity index (χ1) is 18.5. The van der Waals surface area contributed by atoms with Gasteiger partial charge in [-0.15, -0.1) is 0 Å². The molecule has 1 atom stereocenters. The summed E-state index contributed by atoms with van der Waals surface area (Å²) in [5.74, 6) is 1.57. The second-order valence-electron chi connectivity index (χ2n) is 8.81. The number of hydrogen-bond donors (Lipinski definition) is 1. The zero-order valence-corrected chi connectivity index (χ0v) is 21.9. The third-order valence-electron chi connectivity index (χ3n) is 6.24. The lowest BCUT2D eigenvalue weighted by Crippen LogP contribution is -2.35. The minimum atomic E-state index is -0.467. The number of pyridine rings is 1. The van der Waals surface area contributed by atoms with Gasteiger partial charge in [0.2, 0.25) is 5.17 Å². The molecule has 0 bridgehead atoms. The average Bonchev–Trinajstić information content (AvgIpc) is 3.39. The number of amides is 1. The van der Waals surface area contributed by atoms with Crippen LogP contribution in [0.15, 0.2) is 88.7 Å². The lowest BCUT2D eigenvalue weighted by atomic mass is 9.99. The molecule has 2 aromatic carbocycles. The summed E-state index contributed by atoms with van der Waals surface area (Å²) in [6.45, 7) is 5.23. The summed E-state index contributed by atoms with van der Waals surface area (Å²) in [5.41, 5.74) is 3.04. The molecule has 192 valence electrons. The Morgan fingerprint density at radius 1 is 1.03 bits per heavy atom. The van der Waals surface area contributed by atoms with E-state index in [2.05, 4.69) is 41.1 Å². The summed E-state index contributed by atoms with van der Waals surface area (Å²) < 4.78 is 11.6. The van der Waals surface area contributed by atoms with Crippen molar-refractivity contribution in [2.24, 2.45) is 10.1 Å². The number of hydrogen-bond acceptors (Lipinski definition) is 7. The number of nitrogens with one attached hydrogen (secondary N) is 1. The molecule has 3 aromatic rings. The zero-order valence-electron chi connectivity index (χ0n) is 21.1. The van der Waals surface area contributed by atoms with Crippen LogP contribution in [0.2, 0.25) is 0 Å². The van der Waals surface area contributed by atoms with Crippen molar-refractivity contribution in [2.45, 2.75) is 26.2 Å². The van der Waals surface area contributed by atoms with Crippen LogP contribution in [-0.4, -0.2) is 45.2 Å². The van der Waals surface area contributed by atoms with Crippen LogP contribution in [0.25, 0.3) is 6.08 Å². The maximum absolute atomic E-state index is 12.7.